The van der Waals surface area contributed by atoms with Gasteiger partial charge in [-0.15, -0.1) is 0 Å². The first-order valence-electron chi connectivity index (χ1n) is 6.79. The Balaban J connectivity index is 1.86. The van der Waals surface area contributed by atoms with Gasteiger partial charge in [-0.3, -0.25) is 4.90 Å². The fraction of sp³-hybridized carbons (Fsp3) is 0.400. The number of nitrogens with zero attached hydrogens (tertiary/aromatic N) is 3. The normalized spacial score (nSPS) is 17.2. The van der Waals surface area contributed by atoms with Crippen molar-refractivity contribution in [1.29, 1.82) is 0 Å². The molecule has 4 heteroatoms. The van der Waals surface area contributed by atoms with Gasteiger partial charge >= 0.3 is 0 Å². The highest BCUT2D eigenvalue weighted by Gasteiger charge is 2.25. The van der Waals surface area contributed by atoms with Gasteiger partial charge in [0, 0.05) is 38.1 Å². The Hall–Kier alpha value is -1.65. The smallest absolute Gasteiger partial charge is 0.122 e. The first kappa shape index (κ1) is 12.4. The minimum atomic E-state index is 0.284. The van der Waals surface area contributed by atoms with E-state index in [1.807, 2.05) is 6.20 Å². The second-order valence-corrected chi connectivity index (χ2v) is 5.12. The van der Waals surface area contributed by atoms with E-state index in [9.17, 15) is 0 Å². The molecule has 4 nitrogen and oxygen atoms in total. The lowest BCUT2D eigenvalue weighted by Gasteiger charge is -2.35. The first-order valence-corrected chi connectivity index (χ1v) is 6.79. The number of benzene rings is 1. The topological polar surface area (TPSA) is 47.1 Å². The van der Waals surface area contributed by atoms with Gasteiger partial charge in [0.25, 0.3) is 0 Å². The quantitative estimate of drug-likeness (QED) is 0.909. The molecular formula is C15H20N4. The van der Waals surface area contributed by atoms with Crippen LogP contribution in [0.1, 0.15) is 23.0 Å². The number of hydrogen-bond acceptors (Lipinski definition) is 3. The monoisotopic (exact) mass is 256 g/mol. The third-order valence-corrected chi connectivity index (χ3v) is 3.99. The summed E-state index contributed by atoms with van der Waals surface area (Å²) in [5.74, 6) is 1.14. The minimum absolute atomic E-state index is 0.284. The molecule has 0 amide bonds. The zero-order chi connectivity index (χ0) is 13.2. The number of hydrogen-bond donors (Lipinski definition) is 1. The predicted octanol–water partition coefficient (Wildman–Crippen LogP) is 1.71. The summed E-state index contributed by atoms with van der Waals surface area (Å²) in [6.45, 7) is 5.70. The van der Waals surface area contributed by atoms with Crippen molar-refractivity contribution in [3.8, 4) is 0 Å². The molecule has 0 saturated heterocycles. The minimum Gasteiger partial charge on any atom is -0.333 e. The molecule has 0 aliphatic carbocycles. The summed E-state index contributed by atoms with van der Waals surface area (Å²) in [5.41, 5.74) is 8.68. The van der Waals surface area contributed by atoms with Gasteiger partial charge < -0.3 is 10.3 Å². The van der Waals surface area contributed by atoms with Crippen molar-refractivity contribution in [2.75, 3.05) is 13.1 Å². The molecular weight excluding hydrogens is 236 g/mol. The van der Waals surface area contributed by atoms with Gasteiger partial charge in [0.15, 0.2) is 0 Å². The van der Waals surface area contributed by atoms with Crippen LogP contribution in [0.25, 0.3) is 0 Å². The zero-order valence-corrected chi connectivity index (χ0v) is 11.3. The van der Waals surface area contributed by atoms with Gasteiger partial charge in [0.2, 0.25) is 0 Å². The van der Waals surface area contributed by atoms with E-state index in [-0.39, 0.29) is 6.04 Å². The van der Waals surface area contributed by atoms with Crippen LogP contribution in [0, 0.1) is 6.92 Å². The third-order valence-electron chi connectivity index (χ3n) is 3.99. The fourth-order valence-electron chi connectivity index (χ4n) is 2.89. The van der Waals surface area contributed by atoms with E-state index in [1.54, 1.807) is 0 Å². The second kappa shape index (κ2) is 5.15. The third kappa shape index (κ3) is 2.29. The van der Waals surface area contributed by atoms with Crippen LogP contribution < -0.4 is 5.73 Å². The molecule has 1 aliphatic rings. The summed E-state index contributed by atoms with van der Waals surface area (Å²) < 4.78 is 2.22. The Morgan fingerprint density at radius 2 is 2.16 bits per heavy atom. The molecule has 0 radical (unpaired) electrons. The number of imidazole rings is 1. The van der Waals surface area contributed by atoms with E-state index < -0.39 is 0 Å². The maximum Gasteiger partial charge on any atom is 0.122 e. The highest BCUT2D eigenvalue weighted by Crippen LogP contribution is 2.26. The highest BCUT2D eigenvalue weighted by molar-refractivity contribution is 5.29. The van der Waals surface area contributed by atoms with Crippen molar-refractivity contribution in [3.05, 3.63) is 53.6 Å². The van der Waals surface area contributed by atoms with E-state index in [2.05, 4.69) is 51.8 Å². The van der Waals surface area contributed by atoms with Gasteiger partial charge in [0.1, 0.15) is 5.82 Å². The molecule has 1 aromatic carbocycles. The molecule has 0 saturated carbocycles. The number of aromatic nitrogens is 2. The van der Waals surface area contributed by atoms with Crippen LogP contribution in [-0.2, 0) is 13.1 Å². The van der Waals surface area contributed by atoms with Crippen molar-refractivity contribution in [2.24, 2.45) is 5.73 Å². The lowest BCUT2D eigenvalue weighted by Crippen LogP contribution is -2.39. The lowest BCUT2D eigenvalue weighted by atomic mass is 9.99. The van der Waals surface area contributed by atoms with Crippen LogP contribution in [0.3, 0.4) is 0 Å². The SMILES string of the molecule is Cc1ccccc1C(CN)N1CCn2ccnc2C1. The molecule has 2 N–H and O–H groups in total. The van der Waals surface area contributed by atoms with E-state index >= 15 is 0 Å². The van der Waals surface area contributed by atoms with Crippen LogP contribution in [0.5, 0.6) is 0 Å². The summed E-state index contributed by atoms with van der Waals surface area (Å²) >= 11 is 0. The highest BCUT2D eigenvalue weighted by atomic mass is 15.3. The fourth-order valence-corrected chi connectivity index (χ4v) is 2.89. The van der Waals surface area contributed by atoms with E-state index in [0.717, 1.165) is 25.5 Å². The van der Waals surface area contributed by atoms with Crippen molar-refractivity contribution in [2.45, 2.75) is 26.1 Å². The number of aryl methyl sites for hydroxylation is 1. The lowest BCUT2D eigenvalue weighted by molar-refractivity contribution is 0.156. The molecule has 1 aromatic heterocycles. The number of rotatable bonds is 3. The van der Waals surface area contributed by atoms with Crippen molar-refractivity contribution < 1.29 is 0 Å². The molecule has 1 aliphatic heterocycles. The Kier molecular flexibility index (Phi) is 3.36. The predicted molar refractivity (Wildman–Crippen MR) is 75.6 cm³/mol. The van der Waals surface area contributed by atoms with Crippen LogP contribution >= 0.6 is 0 Å². The molecule has 2 heterocycles. The summed E-state index contributed by atoms with van der Waals surface area (Å²) in [4.78, 5) is 6.86. The van der Waals surface area contributed by atoms with Gasteiger partial charge in [0.05, 0.1) is 6.54 Å². The molecule has 0 bridgehead atoms. The average molecular weight is 256 g/mol. The average Bonchev–Trinajstić information content (AvgIpc) is 2.89. The Morgan fingerprint density at radius 3 is 2.95 bits per heavy atom. The summed E-state index contributed by atoms with van der Waals surface area (Å²) in [5, 5.41) is 0. The second-order valence-electron chi connectivity index (χ2n) is 5.12. The molecule has 0 spiro atoms. The molecule has 100 valence electrons. The largest absolute Gasteiger partial charge is 0.333 e. The van der Waals surface area contributed by atoms with E-state index in [1.165, 1.54) is 11.1 Å². The first-order chi connectivity index (χ1) is 9.29. The zero-order valence-electron chi connectivity index (χ0n) is 11.3. The van der Waals surface area contributed by atoms with Crippen LogP contribution in [0.15, 0.2) is 36.7 Å². The molecule has 2 aromatic rings. The summed E-state index contributed by atoms with van der Waals surface area (Å²) in [6.07, 6.45) is 3.93. The van der Waals surface area contributed by atoms with Crippen molar-refractivity contribution in [1.82, 2.24) is 14.5 Å². The maximum absolute atomic E-state index is 6.03. The Bertz CT molecular complexity index is 561. The van der Waals surface area contributed by atoms with Crippen LogP contribution in [0.4, 0.5) is 0 Å². The van der Waals surface area contributed by atoms with E-state index in [0.29, 0.717) is 6.54 Å². The summed E-state index contributed by atoms with van der Waals surface area (Å²) in [6, 6.07) is 8.80. The van der Waals surface area contributed by atoms with Crippen molar-refractivity contribution in [3.63, 3.8) is 0 Å². The van der Waals surface area contributed by atoms with E-state index in [4.69, 9.17) is 5.73 Å². The standard InChI is InChI=1S/C15H20N4/c1-12-4-2-3-5-13(12)14(10-16)19-9-8-18-7-6-17-15(18)11-19/h2-7,14H,8-11,16H2,1H3. The van der Waals surface area contributed by atoms with Crippen molar-refractivity contribution >= 4 is 0 Å². The number of nitrogens with two attached hydrogens (primary N) is 1. The Morgan fingerprint density at radius 1 is 1.32 bits per heavy atom. The van der Waals surface area contributed by atoms with Crippen LogP contribution in [-0.4, -0.2) is 27.5 Å². The van der Waals surface area contributed by atoms with Gasteiger partial charge in [-0.05, 0) is 18.1 Å². The van der Waals surface area contributed by atoms with Gasteiger partial charge in [-0.1, -0.05) is 24.3 Å². The molecule has 1 unspecified atom stereocenters. The molecule has 0 fully saturated rings. The van der Waals surface area contributed by atoms with Crippen LogP contribution in [0.2, 0.25) is 0 Å². The molecule has 3 rings (SSSR count). The van der Waals surface area contributed by atoms with Gasteiger partial charge in [-0.2, -0.15) is 0 Å². The maximum atomic E-state index is 6.03. The Labute approximate surface area is 113 Å². The molecule has 19 heavy (non-hydrogen) atoms. The number of fused-ring (bicyclic) bond motifs is 1. The summed E-state index contributed by atoms with van der Waals surface area (Å²) in [7, 11) is 0. The van der Waals surface area contributed by atoms with Gasteiger partial charge in [-0.25, -0.2) is 4.98 Å². The molecule has 1 atom stereocenters.